The van der Waals surface area contributed by atoms with Gasteiger partial charge in [0.2, 0.25) is 0 Å². The molecule has 0 aromatic carbocycles. The molecule has 17 heavy (non-hydrogen) atoms. The Bertz CT molecular complexity index is 277. The summed E-state index contributed by atoms with van der Waals surface area (Å²) in [4.78, 5) is 2.76. The van der Waals surface area contributed by atoms with Crippen molar-refractivity contribution in [1.29, 1.82) is 0 Å². The molecule has 0 spiro atoms. The molecule has 0 aromatic rings. The second-order valence-electron chi connectivity index (χ2n) is 6.83. The van der Waals surface area contributed by atoms with Crippen LogP contribution in [0.4, 0.5) is 0 Å². The van der Waals surface area contributed by atoms with E-state index in [4.69, 9.17) is 0 Å². The molecule has 3 atom stereocenters. The van der Waals surface area contributed by atoms with Gasteiger partial charge in [0.1, 0.15) is 0 Å². The van der Waals surface area contributed by atoms with E-state index in [2.05, 4.69) is 39.2 Å². The molecule has 1 saturated carbocycles. The molecule has 2 fully saturated rings. The van der Waals surface area contributed by atoms with E-state index in [9.17, 15) is 0 Å². The number of piperidine rings is 1. The van der Waals surface area contributed by atoms with Crippen molar-refractivity contribution in [2.45, 2.75) is 65.5 Å². The lowest BCUT2D eigenvalue weighted by molar-refractivity contribution is 0.0324. The number of nitrogens with zero attached hydrogens (tertiary/aromatic N) is 1. The predicted molar refractivity (Wildman–Crippen MR) is 75.1 cm³/mol. The summed E-state index contributed by atoms with van der Waals surface area (Å²) in [7, 11) is 0. The fraction of sp³-hybridized carbons (Fsp3) is 0.875. The highest BCUT2D eigenvalue weighted by Gasteiger charge is 2.36. The first-order valence-electron chi connectivity index (χ1n) is 7.40. The van der Waals surface area contributed by atoms with Crippen molar-refractivity contribution in [3.8, 4) is 0 Å². The zero-order valence-corrected chi connectivity index (χ0v) is 12.1. The van der Waals surface area contributed by atoms with E-state index in [1.54, 1.807) is 0 Å². The van der Waals surface area contributed by atoms with Crippen LogP contribution in [-0.4, -0.2) is 23.5 Å². The molecule has 2 aliphatic rings. The van der Waals surface area contributed by atoms with Crippen LogP contribution in [0.3, 0.4) is 0 Å². The van der Waals surface area contributed by atoms with Gasteiger partial charge in [-0.3, -0.25) is 4.90 Å². The molecular weight excluding hydrogens is 206 g/mol. The SMILES string of the molecule is C=C(C)C1C(C)CCC(C)N1CC1CC(C)C1. The molecule has 1 saturated heterocycles. The van der Waals surface area contributed by atoms with Gasteiger partial charge in [-0.1, -0.05) is 26.0 Å². The van der Waals surface area contributed by atoms with Gasteiger partial charge >= 0.3 is 0 Å². The van der Waals surface area contributed by atoms with Gasteiger partial charge < -0.3 is 0 Å². The Morgan fingerprint density at radius 1 is 1.18 bits per heavy atom. The van der Waals surface area contributed by atoms with Crippen LogP contribution in [0.15, 0.2) is 12.2 Å². The van der Waals surface area contributed by atoms with Gasteiger partial charge in [0, 0.05) is 18.6 Å². The lowest BCUT2D eigenvalue weighted by Gasteiger charge is -2.48. The van der Waals surface area contributed by atoms with Crippen LogP contribution in [0.5, 0.6) is 0 Å². The van der Waals surface area contributed by atoms with E-state index in [-0.39, 0.29) is 0 Å². The van der Waals surface area contributed by atoms with Crippen molar-refractivity contribution in [1.82, 2.24) is 4.90 Å². The van der Waals surface area contributed by atoms with Gasteiger partial charge in [-0.05, 0) is 57.3 Å². The molecule has 0 aromatic heterocycles. The quantitative estimate of drug-likeness (QED) is 0.666. The van der Waals surface area contributed by atoms with Crippen LogP contribution in [0, 0.1) is 17.8 Å². The van der Waals surface area contributed by atoms with Crippen LogP contribution >= 0.6 is 0 Å². The molecule has 0 radical (unpaired) electrons. The van der Waals surface area contributed by atoms with E-state index >= 15 is 0 Å². The Morgan fingerprint density at radius 2 is 1.82 bits per heavy atom. The Balaban J connectivity index is 2.01. The van der Waals surface area contributed by atoms with Crippen molar-refractivity contribution in [2.75, 3.05) is 6.54 Å². The maximum atomic E-state index is 4.24. The van der Waals surface area contributed by atoms with E-state index in [1.165, 1.54) is 37.8 Å². The zero-order chi connectivity index (χ0) is 12.6. The molecule has 1 nitrogen and oxygen atoms in total. The molecule has 1 aliphatic heterocycles. The molecule has 0 N–H and O–H groups in total. The summed E-state index contributed by atoms with van der Waals surface area (Å²) in [5, 5.41) is 0. The third kappa shape index (κ3) is 2.76. The lowest BCUT2D eigenvalue weighted by Crippen LogP contribution is -2.52. The molecule has 0 bridgehead atoms. The Labute approximate surface area is 107 Å². The Kier molecular flexibility index (Phi) is 3.97. The number of likely N-dealkylation sites (tertiary alicyclic amines) is 1. The minimum Gasteiger partial charge on any atom is -0.293 e. The minimum absolute atomic E-state index is 0.634. The molecule has 0 amide bonds. The van der Waals surface area contributed by atoms with Gasteiger partial charge in [0.05, 0.1) is 0 Å². The third-order valence-corrected chi connectivity index (χ3v) is 4.95. The zero-order valence-electron chi connectivity index (χ0n) is 12.1. The largest absolute Gasteiger partial charge is 0.293 e. The summed E-state index contributed by atoms with van der Waals surface area (Å²) >= 11 is 0. The highest BCUT2D eigenvalue weighted by atomic mass is 15.2. The summed E-state index contributed by atoms with van der Waals surface area (Å²) in [6.07, 6.45) is 5.63. The molecule has 98 valence electrons. The van der Waals surface area contributed by atoms with Crippen LogP contribution in [0.25, 0.3) is 0 Å². The first-order chi connectivity index (χ1) is 7.99. The van der Waals surface area contributed by atoms with Crippen LogP contribution in [0.1, 0.15) is 53.4 Å². The third-order valence-electron chi connectivity index (χ3n) is 4.95. The van der Waals surface area contributed by atoms with E-state index in [0.717, 1.165) is 23.8 Å². The normalized spacial score (nSPS) is 43.2. The predicted octanol–water partition coefficient (Wildman–Crippen LogP) is 4.10. The fourth-order valence-electron chi connectivity index (χ4n) is 4.01. The van der Waals surface area contributed by atoms with E-state index < -0.39 is 0 Å². The summed E-state index contributed by atoms with van der Waals surface area (Å²) < 4.78 is 0. The average molecular weight is 235 g/mol. The van der Waals surface area contributed by atoms with Crippen LogP contribution in [0.2, 0.25) is 0 Å². The average Bonchev–Trinajstić information content (AvgIpc) is 2.20. The molecule has 1 aliphatic carbocycles. The highest BCUT2D eigenvalue weighted by Crippen LogP contribution is 2.38. The summed E-state index contributed by atoms with van der Waals surface area (Å²) in [5.74, 6) is 2.72. The molecule has 1 heterocycles. The Morgan fingerprint density at radius 3 is 2.35 bits per heavy atom. The summed E-state index contributed by atoms with van der Waals surface area (Å²) in [5.41, 5.74) is 1.37. The molecule has 1 heteroatoms. The van der Waals surface area contributed by atoms with E-state index in [0.29, 0.717) is 6.04 Å². The maximum absolute atomic E-state index is 4.24. The topological polar surface area (TPSA) is 3.24 Å². The second-order valence-corrected chi connectivity index (χ2v) is 6.83. The van der Waals surface area contributed by atoms with Crippen molar-refractivity contribution in [2.24, 2.45) is 17.8 Å². The monoisotopic (exact) mass is 235 g/mol. The van der Waals surface area contributed by atoms with Gasteiger partial charge in [-0.2, -0.15) is 0 Å². The first kappa shape index (κ1) is 13.1. The van der Waals surface area contributed by atoms with Crippen molar-refractivity contribution in [3.05, 3.63) is 12.2 Å². The second kappa shape index (κ2) is 5.14. The van der Waals surface area contributed by atoms with Gasteiger partial charge in [-0.15, -0.1) is 0 Å². The standard InChI is InChI=1S/C16H29N/c1-11(2)16-13(4)6-7-14(5)17(16)10-15-8-12(3)9-15/h12-16H,1,6-10H2,2-5H3. The summed E-state index contributed by atoms with van der Waals surface area (Å²) in [6.45, 7) is 15.0. The first-order valence-corrected chi connectivity index (χ1v) is 7.40. The Hall–Kier alpha value is -0.300. The highest BCUT2D eigenvalue weighted by molar-refractivity contribution is 5.08. The van der Waals surface area contributed by atoms with Gasteiger partial charge in [0.25, 0.3) is 0 Å². The van der Waals surface area contributed by atoms with Crippen LogP contribution < -0.4 is 0 Å². The smallest absolute Gasteiger partial charge is 0.0330 e. The van der Waals surface area contributed by atoms with Crippen molar-refractivity contribution >= 4 is 0 Å². The maximum Gasteiger partial charge on any atom is 0.0330 e. The lowest BCUT2D eigenvalue weighted by atomic mass is 9.74. The molecular formula is C16H29N. The van der Waals surface area contributed by atoms with Crippen molar-refractivity contribution < 1.29 is 0 Å². The minimum atomic E-state index is 0.634. The van der Waals surface area contributed by atoms with Gasteiger partial charge in [-0.25, -0.2) is 0 Å². The fourth-order valence-corrected chi connectivity index (χ4v) is 4.01. The number of hydrogen-bond donors (Lipinski definition) is 0. The van der Waals surface area contributed by atoms with E-state index in [1.807, 2.05) is 0 Å². The van der Waals surface area contributed by atoms with Gasteiger partial charge in [0.15, 0.2) is 0 Å². The summed E-state index contributed by atoms with van der Waals surface area (Å²) in [6, 6.07) is 1.39. The molecule has 2 rings (SSSR count). The van der Waals surface area contributed by atoms with Crippen LogP contribution in [-0.2, 0) is 0 Å². The number of rotatable bonds is 3. The van der Waals surface area contributed by atoms with Crippen molar-refractivity contribution in [3.63, 3.8) is 0 Å². The number of hydrogen-bond acceptors (Lipinski definition) is 1. The molecule has 3 unspecified atom stereocenters.